The van der Waals surface area contributed by atoms with Crippen LogP contribution in [0.25, 0.3) is 0 Å². The molecule has 1 aromatic rings. The largest absolute Gasteiger partial charge is 0.481 e. The molecule has 1 N–H and O–H groups in total. The van der Waals surface area contributed by atoms with Crippen LogP contribution in [0.5, 0.6) is 0 Å². The van der Waals surface area contributed by atoms with Crippen molar-refractivity contribution in [2.24, 2.45) is 0 Å². The maximum Gasteiger partial charge on any atom is 0.303 e. The second kappa shape index (κ2) is 6.09. The van der Waals surface area contributed by atoms with Crippen LogP contribution in [0.4, 0.5) is 5.69 Å². The highest BCUT2D eigenvalue weighted by Crippen LogP contribution is 2.36. The molecule has 1 aromatic carbocycles. The molecule has 0 saturated carbocycles. The van der Waals surface area contributed by atoms with Crippen molar-refractivity contribution in [2.75, 3.05) is 17.2 Å². The molecule has 0 atom stereocenters. The van der Waals surface area contributed by atoms with Gasteiger partial charge in [-0.1, -0.05) is 0 Å². The van der Waals surface area contributed by atoms with E-state index < -0.39 is 5.97 Å². The Balaban J connectivity index is 2.20. The molecule has 0 bridgehead atoms. The molecule has 6 heteroatoms. The fraction of sp³-hybridized carbons (Fsp3) is 0.357. The van der Waals surface area contributed by atoms with E-state index in [1.807, 2.05) is 0 Å². The highest BCUT2D eigenvalue weighted by Gasteiger charge is 2.25. The number of carbonyl (C=O) groups is 3. The summed E-state index contributed by atoms with van der Waals surface area (Å²) in [4.78, 5) is 36.4. The van der Waals surface area contributed by atoms with Crippen molar-refractivity contribution in [1.82, 2.24) is 0 Å². The quantitative estimate of drug-likeness (QED) is 0.842. The number of aliphatic carboxylic acids is 1. The predicted molar refractivity (Wildman–Crippen MR) is 76.4 cm³/mol. The highest BCUT2D eigenvalue weighted by atomic mass is 32.2. The monoisotopic (exact) mass is 293 g/mol. The molecule has 0 radical (unpaired) electrons. The Morgan fingerprint density at radius 3 is 2.80 bits per heavy atom. The SMILES string of the molecule is CC(=O)c1ccc2c(c1)SCC(=O)N2CCCC(=O)O. The molecule has 0 saturated heterocycles. The van der Waals surface area contributed by atoms with Crippen molar-refractivity contribution >= 4 is 35.1 Å². The maximum absolute atomic E-state index is 11.9. The summed E-state index contributed by atoms with van der Waals surface area (Å²) in [6.07, 6.45) is 0.456. The molecule has 1 heterocycles. The number of rotatable bonds is 5. The zero-order chi connectivity index (χ0) is 14.7. The molecule has 1 aliphatic rings. The Labute approximate surface area is 121 Å². The number of benzene rings is 1. The number of anilines is 1. The van der Waals surface area contributed by atoms with E-state index in [1.54, 1.807) is 23.1 Å². The van der Waals surface area contributed by atoms with Gasteiger partial charge in [0.05, 0.1) is 11.4 Å². The number of hydrogen-bond donors (Lipinski definition) is 1. The number of ketones is 1. The molecule has 0 spiro atoms. The van der Waals surface area contributed by atoms with Crippen LogP contribution < -0.4 is 4.90 Å². The van der Waals surface area contributed by atoms with Gasteiger partial charge in [0.2, 0.25) is 5.91 Å². The standard InChI is InChI=1S/C14H15NO4S/c1-9(16)10-4-5-11-12(7-10)20-8-13(17)15(11)6-2-3-14(18)19/h4-5,7H,2-3,6,8H2,1H3,(H,18,19). The number of hydrogen-bond acceptors (Lipinski definition) is 4. The van der Waals surface area contributed by atoms with E-state index >= 15 is 0 Å². The van der Waals surface area contributed by atoms with Crippen molar-refractivity contribution in [3.8, 4) is 0 Å². The summed E-state index contributed by atoms with van der Waals surface area (Å²) in [6.45, 7) is 1.89. The molecule has 0 fully saturated rings. The smallest absolute Gasteiger partial charge is 0.303 e. The van der Waals surface area contributed by atoms with Crippen molar-refractivity contribution in [2.45, 2.75) is 24.7 Å². The normalized spacial score (nSPS) is 14.1. The number of carboxylic acid groups (broad SMARTS) is 1. The number of nitrogens with zero attached hydrogens (tertiary/aromatic N) is 1. The Kier molecular flexibility index (Phi) is 4.44. The fourth-order valence-corrected chi connectivity index (χ4v) is 3.03. The summed E-state index contributed by atoms with van der Waals surface area (Å²) in [5.74, 6) is -0.580. The first-order valence-electron chi connectivity index (χ1n) is 6.29. The molecule has 0 aliphatic carbocycles. The van der Waals surface area contributed by atoms with Crippen LogP contribution in [0, 0.1) is 0 Å². The first-order chi connectivity index (χ1) is 9.49. The summed E-state index contributed by atoms with van der Waals surface area (Å²) in [5.41, 5.74) is 1.39. The molecule has 20 heavy (non-hydrogen) atoms. The lowest BCUT2D eigenvalue weighted by atomic mass is 10.1. The van der Waals surface area contributed by atoms with Crippen LogP contribution in [-0.4, -0.2) is 35.1 Å². The number of carboxylic acids is 1. The van der Waals surface area contributed by atoms with Crippen LogP contribution in [0.1, 0.15) is 30.1 Å². The summed E-state index contributed by atoms with van der Waals surface area (Å²) in [7, 11) is 0. The van der Waals surface area contributed by atoms with Gasteiger partial charge in [-0.2, -0.15) is 0 Å². The minimum absolute atomic E-state index is 0.0114. The van der Waals surface area contributed by atoms with Gasteiger partial charge in [0, 0.05) is 23.4 Å². The van der Waals surface area contributed by atoms with Gasteiger partial charge in [0.15, 0.2) is 5.78 Å². The summed E-state index contributed by atoms with van der Waals surface area (Å²) in [6, 6.07) is 5.25. The van der Waals surface area contributed by atoms with Gasteiger partial charge < -0.3 is 10.0 Å². The summed E-state index contributed by atoms with van der Waals surface area (Å²) < 4.78 is 0. The second-order valence-electron chi connectivity index (χ2n) is 4.57. The second-order valence-corrected chi connectivity index (χ2v) is 5.59. The van der Waals surface area contributed by atoms with Gasteiger partial charge in [-0.3, -0.25) is 14.4 Å². The third-order valence-electron chi connectivity index (χ3n) is 3.08. The predicted octanol–water partition coefficient (Wildman–Crippen LogP) is 2.19. The first-order valence-corrected chi connectivity index (χ1v) is 7.27. The molecule has 1 aliphatic heterocycles. The Bertz CT molecular complexity index is 570. The van der Waals surface area contributed by atoms with E-state index in [4.69, 9.17) is 5.11 Å². The van der Waals surface area contributed by atoms with Crippen LogP contribution >= 0.6 is 11.8 Å². The number of amides is 1. The highest BCUT2D eigenvalue weighted by molar-refractivity contribution is 8.00. The fourth-order valence-electron chi connectivity index (χ4n) is 2.06. The van der Waals surface area contributed by atoms with Crippen LogP contribution in [-0.2, 0) is 9.59 Å². The lowest BCUT2D eigenvalue weighted by molar-refractivity contribution is -0.137. The van der Waals surface area contributed by atoms with E-state index in [-0.39, 0.29) is 18.1 Å². The third-order valence-corrected chi connectivity index (χ3v) is 4.11. The molecular weight excluding hydrogens is 278 g/mol. The molecule has 2 rings (SSSR count). The zero-order valence-electron chi connectivity index (χ0n) is 11.1. The van der Waals surface area contributed by atoms with E-state index in [0.717, 1.165) is 10.6 Å². The van der Waals surface area contributed by atoms with Gasteiger partial charge in [-0.15, -0.1) is 11.8 Å². The van der Waals surface area contributed by atoms with Crippen molar-refractivity contribution < 1.29 is 19.5 Å². The van der Waals surface area contributed by atoms with E-state index in [2.05, 4.69) is 0 Å². The minimum Gasteiger partial charge on any atom is -0.481 e. The van der Waals surface area contributed by atoms with E-state index in [1.165, 1.54) is 18.7 Å². The van der Waals surface area contributed by atoms with Gasteiger partial charge in [0.1, 0.15) is 0 Å². The maximum atomic E-state index is 11.9. The van der Waals surface area contributed by atoms with Crippen LogP contribution in [0.3, 0.4) is 0 Å². The first kappa shape index (κ1) is 14.6. The Hall–Kier alpha value is -1.82. The molecular formula is C14H15NO4S. The average Bonchev–Trinajstić information content (AvgIpc) is 2.40. The van der Waals surface area contributed by atoms with Gasteiger partial charge in [-0.05, 0) is 31.5 Å². The van der Waals surface area contributed by atoms with Gasteiger partial charge in [0.25, 0.3) is 0 Å². The van der Waals surface area contributed by atoms with E-state index in [9.17, 15) is 14.4 Å². The number of thioether (sulfide) groups is 1. The van der Waals surface area contributed by atoms with Crippen LogP contribution in [0.15, 0.2) is 23.1 Å². The van der Waals surface area contributed by atoms with Crippen molar-refractivity contribution in [3.05, 3.63) is 23.8 Å². The van der Waals surface area contributed by atoms with E-state index in [0.29, 0.717) is 24.3 Å². The average molecular weight is 293 g/mol. The Morgan fingerprint density at radius 2 is 2.15 bits per heavy atom. The minimum atomic E-state index is -0.865. The Morgan fingerprint density at radius 1 is 1.40 bits per heavy atom. The van der Waals surface area contributed by atoms with Crippen molar-refractivity contribution in [1.29, 1.82) is 0 Å². The number of fused-ring (bicyclic) bond motifs is 1. The van der Waals surface area contributed by atoms with Crippen molar-refractivity contribution in [3.63, 3.8) is 0 Å². The lowest BCUT2D eigenvalue weighted by Crippen LogP contribution is -2.36. The molecule has 5 nitrogen and oxygen atoms in total. The van der Waals surface area contributed by atoms with Gasteiger partial charge in [-0.25, -0.2) is 0 Å². The van der Waals surface area contributed by atoms with Gasteiger partial charge >= 0.3 is 5.97 Å². The topological polar surface area (TPSA) is 74.7 Å². The summed E-state index contributed by atoms with van der Waals surface area (Å²) >= 11 is 1.41. The third kappa shape index (κ3) is 3.19. The molecule has 0 aromatic heterocycles. The number of Topliss-reactive ketones (excluding diaryl/α,β-unsaturated/α-hetero) is 1. The molecule has 1 amide bonds. The van der Waals surface area contributed by atoms with Crippen LogP contribution in [0.2, 0.25) is 0 Å². The molecule has 106 valence electrons. The summed E-state index contributed by atoms with van der Waals surface area (Å²) in [5, 5.41) is 8.66. The number of carbonyl (C=O) groups excluding carboxylic acids is 2. The lowest BCUT2D eigenvalue weighted by Gasteiger charge is -2.29. The molecule has 0 unspecified atom stereocenters. The zero-order valence-corrected chi connectivity index (χ0v) is 11.9.